The summed E-state index contributed by atoms with van der Waals surface area (Å²) in [4.78, 5) is 8.15. The van der Waals surface area contributed by atoms with Crippen molar-refractivity contribution in [1.82, 2.24) is 9.97 Å². The Morgan fingerprint density at radius 3 is 2.47 bits per heavy atom. The van der Waals surface area contributed by atoms with Gasteiger partial charge >= 0.3 is 0 Å². The standard InChI is InChI=1S/C12H11ClN2O2/c1-17-9-5-3-7-15-11(9)12(16)10-8(13)4-2-6-14-10/h2-7,12,16H,1H3. The number of ether oxygens (including phenoxy) is 1. The number of aromatic nitrogens is 2. The molecule has 0 fully saturated rings. The minimum Gasteiger partial charge on any atom is -0.495 e. The largest absolute Gasteiger partial charge is 0.495 e. The second-order valence-corrected chi connectivity index (χ2v) is 3.77. The van der Waals surface area contributed by atoms with Gasteiger partial charge in [0.15, 0.2) is 0 Å². The Labute approximate surface area is 104 Å². The number of hydrogen-bond donors (Lipinski definition) is 1. The molecule has 88 valence electrons. The number of aliphatic hydroxyl groups is 1. The van der Waals surface area contributed by atoms with Gasteiger partial charge in [-0.25, -0.2) is 0 Å². The zero-order valence-electron chi connectivity index (χ0n) is 9.17. The molecule has 1 N–H and O–H groups in total. The van der Waals surface area contributed by atoms with E-state index in [1.165, 1.54) is 7.11 Å². The van der Waals surface area contributed by atoms with Crippen molar-refractivity contribution in [3.63, 3.8) is 0 Å². The highest BCUT2D eigenvalue weighted by Gasteiger charge is 2.20. The number of halogens is 1. The summed E-state index contributed by atoms with van der Waals surface area (Å²) in [7, 11) is 1.52. The lowest BCUT2D eigenvalue weighted by Crippen LogP contribution is -2.07. The van der Waals surface area contributed by atoms with Gasteiger partial charge < -0.3 is 9.84 Å². The Hall–Kier alpha value is -1.65. The summed E-state index contributed by atoms with van der Waals surface area (Å²) in [5, 5.41) is 10.6. The topological polar surface area (TPSA) is 55.2 Å². The van der Waals surface area contributed by atoms with Gasteiger partial charge in [-0.05, 0) is 24.3 Å². The van der Waals surface area contributed by atoms with Crippen LogP contribution in [-0.4, -0.2) is 22.2 Å². The molecule has 0 aliphatic heterocycles. The molecular weight excluding hydrogens is 240 g/mol. The van der Waals surface area contributed by atoms with E-state index < -0.39 is 6.10 Å². The number of pyridine rings is 2. The fourth-order valence-corrected chi connectivity index (χ4v) is 1.73. The first kappa shape index (κ1) is 11.8. The van der Waals surface area contributed by atoms with E-state index in [4.69, 9.17) is 16.3 Å². The third-order valence-corrected chi connectivity index (χ3v) is 2.64. The average molecular weight is 251 g/mol. The predicted molar refractivity (Wildman–Crippen MR) is 64.1 cm³/mol. The van der Waals surface area contributed by atoms with Gasteiger partial charge in [-0.1, -0.05) is 11.6 Å². The molecule has 0 spiro atoms. The van der Waals surface area contributed by atoms with Gasteiger partial charge in [0.2, 0.25) is 0 Å². The summed E-state index contributed by atoms with van der Waals surface area (Å²) < 4.78 is 5.13. The lowest BCUT2D eigenvalue weighted by atomic mass is 10.1. The van der Waals surface area contributed by atoms with Crippen molar-refractivity contribution >= 4 is 11.6 Å². The van der Waals surface area contributed by atoms with E-state index in [-0.39, 0.29) is 0 Å². The molecule has 1 atom stereocenters. The molecule has 2 heterocycles. The third-order valence-electron chi connectivity index (χ3n) is 2.32. The number of methoxy groups -OCH3 is 1. The second kappa shape index (κ2) is 5.12. The Morgan fingerprint density at radius 2 is 1.82 bits per heavy atom. The third kappa shape index (κ3) is 2.38. The van der Waals surface area contributed by atoms with E-state index in [2.05, 4.69) is 9.97 Å². The van der Waals surface area contributed by atoms with Crippen LogP contribution in [0, 0.1) is 0 Å². The van der Waals surface area contributed by atoms with Crippen molar-refractivity contribution < 1.29 is 9.84 Å². The van der Waals surface area contributed by atoms with Crippen molar-refractivity contribution in [2.45, 2.75) is 6.10 Å². The maximum atomic E-state index is 10.2. The van der Waals surface area contributed by atoms with Crippen molar-refractivity contribution in [2.75, 3.05) is 7.11 Å². The maximum absolute atomic E-state index is 10.2. The van der Waals surface area contributed by atoms with Crippen LogP contribution in [0.2, 0.25) is 5.02 Å². The molecule has 5 heteroatoms. The number of hydrogen-bond acceptors (Lipinski definition) is 4. The molecule has 2 rings (SSSR count). The first-order valence-electron chi connectivity index (χ1n) is 5.01. The molecule has 2 aromatic rings. The highest BCUT2D eigenvalue weighted by molar-refractivity contribution is 6.31. The molecule has 1 unspecified atom stereocenters. The predicted octanol–water partition coefficient (Wildman–Crippen LogP) is 2.22. The van der Waals surface area contributed by atoms with Crippen LogP contribution < -0.4 is 4.74 Å². The van der Waals surface area contributed by atoms with Crippen LogP contribution in [-0.2, 0) is 0 Å². The van der Waals surface area contributed by atoms with Crippen LogP contribution >= 0.6 is 11.6 Å². The summed E-state index contributed by atoms with van der Waals surface area (Å²) in [5.74, 6) is 0.502. The van der Waals surface area contributed by atoms with Crippen molar-refractivity contribution in [3.05, 3.63) is 53.1 Å². The van der Waals surface area contributed by atoms with Crippen LogP contribution in [0.15, 0.2) is 36.7 Å². The molecule has 0 saturated carbocycles. The van der Waals surface area contributed by atoms with Gasteiger partial charge in [0, 0.05) is 12.4 Å². The van der Waals surface area contributed by atoms with E-state index >= 15 is 0 Å². The van der Waals surface area contributed by atoms with Crippen LogP contribution in [0.5, 0.6) is 5.75 Å². The van der Waals surface area contributed by atoms with Gasteiger partial charge in [0.25, 0.3) is 0 Å². The molecule has 0 aliphatic rings. The first-order valence-corrected chi connectivity index (χ1v) is 5.39. The Kier molecular flexibility index (Phi) is 3.56. The molecule has 0 amide bonds. The molecule has 0 bridgehead atoms. The second-order valence-electron chi connectivity index (χ2n) is 3.36. The molecule has 17 heavy (non-hydrogen) atoms. The van der Waals surface area contributed by atoms with E-state index in [1.54, 1.807) is 36.7 Å². The number of nitrogens with zero attached hydrogens (tertiary/aromatic N) is 2. The average Bonchev–Trinajstić information content (AvgIpc) is 2.38. The minimum absolute atomic E-state index is 0.367. The lowest BCUT2D eigenvalue weighted by Gasteiger charge is -2.13. The van der Waals surface area contributed by atoms with E-state index in [0.29, 0.717) is 22.2 Å². The number of aliphatic hydroxyl groups excluding tert-OH is 1. The zero-order chi connectivity index (χ0) is 12.3. The van der Waals surface area contributed by atoms with Gasteiger partial charge in [-0.15, -0.1) is 0 Å². The van der Waals surface area contributed by atoms with Crippen molar-refractivity contribution in [2.24, 2.45) is 0 Å². The maximum Gasteiger partial charge on any atom is 0.143 e. The van der Waals surface area contributed by atoms with E-state index in [9.17, 15) is 5.11 Å². The van der Waals surface area contributed by atoms with Crippen LogP contribution in [0.1, 0.15) is 17.5 Å². The van der Waals surface area contributed by atoms with Gasteiger partial charge in [0.05, 0.1) is 17.8 Å². The minimum atomic E-state index is -1.00. The normalized spacial score (nSPS) is 12.2. The molecule has 0 aliphatic carbocycles. The van der Waals surface area contributed by atoms with Crippen molar-refractivity contribution in [1.29, 1.82) is 0 Å². The van der Waals surface area contributed by atoms with Crippen LogP contribution in [0.25, 0.3) is 0 Å². The SMILES string of the molecule is COc1cccnc1C(O)c1ncccc1Cl. The Balaban J connectivity index is 2.44. The smallest absolute Gasteiger partial charge is 0.143 e. The molecule has 0 aromatic carbocycles. The highest BCUT2D eigenvalue weighted by atomic mass is 35.5. The fraction of sp³-hybridized carbons (Fsp3) is 0.167. The lowest BCUT2D eigenvalue weighted by molar-refractivity contribution is 0.204. The quantitative estimate of drug-likeness (QED) is 0.908. The Bertz CT molecular complexity index is 519. The van der Waals surface area contributed by atoms with E-state index in [0.717, 1.165) is 0 Å². The molecular formula is C12H11ClN2O2. The van der Waals surface area contributed by atoms with Gasteiger partial charge in [-0.2, -0.15) is 0 Å². The summed E-state index contributed by atoms with van der Waals surface area (Å²) >= 11 is 5.97. The molecule has 0 radical (unpaired) electrons. The summed E-state index contributed by atoms with van der Waals surface area (Å²) in [5.41, 5.74) is 0.766. The van der Waals surface area contributed by atoms with Gasteiger partial charge in [-0.3, -0.25) is 9.97 Å². The van der Waals surface area contributed by atoms with Crippen molar-refractivity contribution in [3.8, 4) is 5.75 Å². The first-order chi connectivity index (χ1) is 8.24. The van der Waals surface area contributed by atoms with Crippen LogP contribution in [0.4, 0.5) is 0 Å². The van der Waals surface area contributed by atoms with E-state index in [1.807, 2.05) is 0 Å². The molecule has 2 aromatic heterocycles. The number of rotatable bonds is 3. The van der Waals surface area contributed by atoms with Gasteiger partial charge in [0.1, 0.15) is 17.5 Å². The highest BCUT2D eigenvalue weighted by Crippen LogP contribution is 2.29. The summed E-state index contributed by atoms with van der Waals surface area (Å²) in [6.45, 7) is 0. The van der Waals surface area contributed by atoms with Crippen LogP contribution in [0.3, 0.4) is 0 Å². The monoisotopic (exact) mass is 250 g/mol. The zero-order valence-corrected chi connectivity index (χ0v) is 9.93. The summed E-state index contributed by atoms with van der Waals surface area (Å²) in [6, 6.07) is 6.83. The summed E-state index contributed by atoms with van der Waals surface area (Å²) in [6.07, 6.45) is 2.15. The molecule has 4 nitrogen and oxygen atoms in total. The fourth-order valence-electron chi connectivity index (χ4n) is 1.51. The molecule has 0 saturated heterocycles. The Morgan fingerprint density at radius 1 is 1.18 bits per heavy atom.